The number of rotatable bonds is 7. The fraction of sp³-hybridized carbons (Fsp3) is 0.452. The minimum atomic E-state index is -0.494. The number of carbonyl (C=O) groups excluding carboxylic acids is 3. The van der Waals surface area contributed by atoms with E-state index < -0.39 is 5.60 Å². The SMILES string of the molecule is COc1ccc(CN2C(=O)CCN(c3cccc4c3ccn4CCN3CCN(C(=O)OC(C)(C)C)CC3)C2=O)cc1. The molecule has 3 heterocycles. The molecular formula is C31H39N5O5. The molecule has 2 fully saturated rings. The summed E-state index contributed by atoms with van der Waals surface area (Å²) >= 11 is 0. The molecule has 2 saturated heterocycles. The molecule has 0 N–H and O–H groups in total. The normalized spacial score (nSPS) is 16.9. The highest BCUT2D eigenvalue weighted by molar-refractivity contribution is 6.09. The van der Waals surface area contributed by atoms with Crippen molar-refractivity contribution in [3.8, 4) is 5.75 Å². The average Bonchev–Trinajstić information content (AvgIpc) is 3.37. The van der Waals surface area contributed by atoms with Gasteiger partial charge in [0.15, 0.2) is 0 Å². The van der Waals surface area contributed by atoms with E-state index in [2.05, 4.69) is 21.7 Å². The summed E-state index contributed by atoms with van der Waals surface area (Å²) in [7, 11) is 1.60. The zero-order valence-corrected chi connectivity index (χ0v) is 24.3. The minimum Gasteiger partial charge on any atom is -0.497 e. The van der Waals surface area contributed by atoms with Gasteiger partial charge >= 0.3 is 12.1 Å². The summed E-state index contributed by atoms with van der Waals surface area (Å²) in [6, 6.07) is 15.1. The van der Waals surface area contributed by atoms with Crippen molar-refractivity contribution in [3.63, 3.8) is 0 Å². The number of benzene rings is 2. The molecular weight excluding hydrogens is 522 g/mol. The molecule has 0 radical (unpaired) electrons. The molecule has 0 spiro atoms. The van der Waals surface area contributed by atoms with Crippen molar-refractivity contribution in [1.29, 1.82) is 0 Å². The average molecular weight is 562 g/mol. The van der Waals surface area contributed by atoms with Gasteiger partial charge in [-0.05, 0) is 56.7 Å². The van der Waals surface area contributed by atoms with E-state index in [0.29, 0.717) is 19.6 Å². The molecule has 4 amide bonds. The number of urea groups is 1. The van der Waals surface area contributed by atoms with Crippen molar-refractivity contribution < 1.29 is 23.9 Å². The summed E-state index contributed by atoms with van der Waals surface area (Å²) in [5.74, 6) is 0.560. The topological polar surface area (TPSA) is 87.6 Å². The number of piperazine rings is 1. The van der Waals surface area contributed by atoms with Crippen LogP contribution in [-0.4, -0.2) is 89.3 Å². The van der Waals surface area contributed by atoms with E-state index in [9.17, 15) is 14.4 Å². The van der Waals surface area contributed by atoms with Gasteiger partial charge in [0.1, 0.15) is 11.4 Å². The highest BCUT2D eigenvalue weighted by Crippen LogP contribution is 2.31. The highest BCUT2D eigenvalue weighted by Gasteiger charge is 2.34. The van der Waals surface area contributed by atoms with E-state index in [1.807, 2.05) is 63.2 Å². The van der Waals surface area contributed by atoms with Crippen LogP contribution in [0.5, 0.6) is 5.75 Å². The highest BCUT2D eigenvalue weighted by atomic mass is 16.6. The van der Waals surface area contributed by atoms with Gasteiger partial charge < -0.3 is 18.9 Å². The standard InChI is InChI=1S/C31H39N5O5/c1-31(2,3)41-30(39)34-20-17-32(18-21-34)16-19-33-14-12-25-26(33)6-5-7-27(25)35-15-13-28(37)36(29(35)38)22-23-8-10-24(40-4)11-9-23/h5-12,14H,13,15-22H2,1-4H3. The Bertz CT molecular complexity index is 1400. The molecule has 2 aliphatic rings. The van der Waals surface area contributed by atoms with Gasteiger partial charge in [-0.1, -0.05) is 18.2 Å². The zero-order valence-electron chi connectivity index (χ0n) is 24.3. The number of ether oxygens (including phenoxy) is 2. The van der Waals surface area contributed by atoms with Crippen LogP contribution >= 0.6 is 0 Å². The van der Waals surface area contributed by atoms with Gasteiger partial charge in [0.2, 0.25) is 5.91 Å². The van der Waals surface area contributed by atoms with E-state index in [1.165, 1.54) is 4.90 Å². The summed E-state index contributed by atoms with van der Waals surface area (Å²) in [6.07, 6.45) is 2.08. The summed E-state index contributed by atoms with van der Waals surface area (Å²) < 4.78 is 12.9. The number of methoxy groups -OCH3 is 1. The van der Waals surface area contributed by atoms with Crippen LogP contribution in [0.3, 0.4) is 0 Å². The van der Waals surface area contributed by atoms with Gasteiger partial charge in [-0.15, -0.1) is 0 Å². The lowest BCUT2D eigenvalue weighted by atomic mass is 10.1. The van der Waals surface area contributed by atoms with Crippen molar-refractivity contribution in [1.82, 2.24) is 19.3 Å². The molecule has 1 aromatic heterocycles. The maximum atomic E-state index is 13.6. The van der Waals surface area contributed by atoms with E-state index in [4.69, 9.17) is 9.47 Å². The third-order valence-electron chi connectivity index (χ3n) is 7.57. The number of hydrogen-bond acceptors (Lipinski definition) is 6. The Morgan fingerprint density at radius 2 is 1.63 bits per heavy atom. The van der Waals surface area contributed by atoms with Crippen LogP contribution in [0.1, 0.15) is 32.8 Å². The molecule has 0 atom stereocenters. The van der Waals surface area contributed by atoms with Gasteiger partial charge in [-0.2, -0.15) is 0 Å². The van der Waals surface area contributed by atoms with Crippen LogP contribution in [0.15, 0.2) is 54.7 Å². The van der Waals surface area contributed by atoms with Crippen LogP contribution in [-0.2, 0) is 22.6 Å². The van der Waals surface area contributed by atoms with Crippen molar-refractivity contribution >= 4 is 34.6 Å². The summed E-state index contributed by atoms with van der Waals surface area (Å²) in [5.41, 5.74) is 2.22. The third-order valence-corrected chi connectivity index (χ3v) is 7.57. The van der Waals surface area contributed by atoms with E-state index in [0.717, 1.165) is 54.1 Å². The Morgan fingerprint density at radius 1 is 0.902 bits per heavy atom. The molecule has 3 aromatic rings. The van der Waals surface area contributed by atoms with E-state index in [1.54, 1.807) is 16.9 Å². The second kappa shape index (κ2) is 11.8. The smallest absolute Gasteiger partial charge is 0.410 e. The van der Waals surface area contributed by atoms with Crippen LogP contribution in [0.25, 0.3) is 10.9 Å². The van der Waals surface area contributed by atoms with Crippen LogP contribution in [0.2, 0.25) is 0 Å². The molecule has 0 saturated carbocycles. The monoisotopic (exact) mass is 561 g/mol. The van der Waals surface area contributed by atoms with Crippen molar-refractivity contribution in [2.24, 2.45) is 0 Å². The number of amides is 4. The first kappa shape index (κ1) is 28.5. The molecule has 218 valence electrons. The first-order chi connectivity index (χ1) is 19.6. The first-order valence-corrected chi connectivity index (χ1v) is 14.2. The lowest BCUT2D eigenvalue weighted by Crippen LogP contribution is -2.52. The molecule has 0 bridgehead atoms. The Balaban J connectivity index is 1.23. The molecule has 2 aromatic carbocycles. The molecule has 2 aliphatic heterocycles. The molecule has 0 unspecified atom stereocenters. The van der Waals surface area contributed by atoms with Gasteiger partial charge in [-0.25, -0.2) is 9.59 Å². The first-order valence-electron chi connectivity index (χ1n) is 14.2. The zero-order chi connectivity index (χ0) is 29.1. The Morgan fingerprint density at radius 3 is 2.32 bits per heavy atom. The molecule has 10 nitrogen and oxygen atoms in total. The number of imide groups is 1. The van der Waals surface area contributed by atoms with E-state index >= 15 is 0 Å². The van der Waals surface area contributed by atoms with Crippen LogP contribution in [0.4, 0.5) is 15.3 Å². The van der Waals surface area contributed by atoms with Crippen molar-refractivity contribution in [3.05, 3.63) is 60.3 Å². The second-order valence-corrected chi connectivity index (χ2v) is 11.5. The third kappa shape index (κ3) is 6.48. The minimum absolute atomic E-state index is 0.168. The summed E-state index contributed by atoms with van der Waals surface area (Å²) in [4.78, 5) is 45.9. The quantitative estimate of drug-likeness (QED) is 0.420. The maximum Gasteiger partial charge on any atom is 0.410 e. The number of hydrogen-bond donors (Lipinski definition) is 0. The van der Waals surface area contributed by atoms with Crippen molar-refractivity contribution in [2.75, 3.05) is 51.3 Å². The van der Waals surface area contributed by atoms with Gasteiger partial charge in [0.05, 0.1) is 24.9 Å². The number of aromatic nitrogens is 1. The molecule has 10 heteroatoms. The largest absolute Gasteiger partial charge is 0.497 e. The fourth-order valence-corrected chi connectivity index (χ4v) is 5.35. The molecule has 0 aliphatic carbocycles. The number of carbonyl (C=O) groups is 3. The molecule has 5 rings (SSSR count). The molecule has 41 heavy (non-hydrogen) atoms. The number of anilines is 1. The van der Waals surface area contributed by atoms with Crippen molar-refractivity contribution in [2.45, 2.75) is 45.9 Å². The fourth-order valence-electron chi connectivity index (χ4n) is 5.35. The van der Waals surface area contributed by atoms with Crippen LogP contribution < -0.4 is 9.64 Å². The lowest BCUT2D eigenvalue weighted by molar-refractivity contribution is -0.129. The summed E-state index contributed by atoms with van der Waals surface area (Å²) in [6.45, 7) is 10.7. The lowest BCUT2D eigenvalue weighted by Gasteiger charge is -2.35. The predicted molar refractivity (Wildman–Crippen MR) is 157 cm³/mol. The Hall–Kier alpha value is -4.05. The second-order valence-electron chi connectivity index (χ2n) is 11.5. The predicted octanol–water partition coefficient (Wildman–Crippen LogP) is 4.56. The van der Waals surface area contributed by atoms with Crippen LogP contribution in [0, 0.1) is 0 Å². The van der Waals surface area contributed by atoms with Gasteiger partial charge in [-0.3, -0.25) is 19.5 Å². The van der Waals surface area contributed by atoms with Gasteiger partial charge in [0.25, 0.3) is 0 Å². The van der Waals surface area contributed by atoms with E-state index in [-0.39, 0.29) is 31.0 Å². The number of nitrogens with zero attached hydrogens (tertiary/aromatic N) is 5. The Kier molecular flexibility index (Phi) is 8.21. The number of fused-ring (bicyclic) bond motifs is 1. The van der Waals surface area contributed by atoms with Gasteiger partial charge in [0, 0.05) is 63.8 Å². The summed E-state index contributed by atoms with van der Waals surface area (Å²) in [5, 5.41) is 0.981. The Labute approximate surface area is 241 Å². The maximum absolute atomic E-state index is 13.6.